The van der Waals surface area contributed by atoms with Gasteiger partial charge in [-0.05, 0) is 57.2 Å². The van der Waals surface area contributed by atoms with Crippen LogP contribution in [0.15, 0.2) is 30.9 Å². The number of aromatic nitrogens is 2. The molecule has 140 valence electrons. The Morgan fingerprint density at radius 2 is 2.15 bits per heavy atom. The van der Waals surface area contributed by atoms with Crippen molar-refractivity contribution < 1.29 is 9.53 Å². The highest BCUT2D eigenvalue weighted by Crippen LogP contribution is 2.31. The highest BCUT2D eigenvalue weighted by molar-refractivity contribution is 5.90. The molecule has 1 aliphatic heterocycles. The van der Waals surface area contributed by atoms with Crippen LogP contribution in [-0.4, -0.2) is 46.4 Å². The lowest BCUT2D eigenvalue weighted by Crippen LogP contribution is -2.41. The number of carbonyl (C=O) groups excluding carboxylic acids is 1. The Bertz CT molecular complexity index is 783. The summed E-state index contributed by atoms with van der Waals surface area (Å²) in [7, 11) is 0. The highest BCUT2D eigenvalue weighted by atomic mass is 16.6. The number of benzene rings is 1. The summed E-state index contributed by atoms with van der Waals surface area (Å²) < 4.78 is 5.47. The normalized spacial score (nSPS) is 15.9. The summed E-state index contributed by atoms with van der Waals surface area (Å²) in [5.41, 5.74) is 1.88. The SMILES string of the molecule is C=CCNc1n[nH]c2cc(C3CCN(C(=O)OC(C)(C)C)CC3)ccc12. The fourth-order valence-electron chi connectivity index (χ4n) is 3.32. The molecule has 2 heterocycles. The average Bonchev–Trinajstić information content (AvgIpc) is 3.01. The van der Waals surface area contributed by atoms with E-state index >= 15 is 0 Å². The molecule has 1 amide bonds. The van der Waals surface area contributed by atoms with Crippen molar-refractivity contribution >= 4 is 22.8 Å². The molecule has 1 aromatic heterocycles. The molecule has 1 saturated heterocycles. The molecule has 0 unspecified atom stereocenters. The predicted molar refractivity (Wildman–Crippen MR) is 105 cm³/mol. The first-order chi connectivity index (χ1) is 12.4. The van der Waals surface area contributed by atoms with Crippen molar-refractivity contribution in [3.63, 3.8) is 0 Å². The molecule has 0 spiro atoms. The Balaban J connectivity index is 1.64. The molecule has 1 aromatic carbocycles. The van der Waals surface area contributed by atoms with Crippen molar-refractivity contribution in [3.05, 3.63) is 36.4 Å². The minimum Gasteiger partial charge on any atom is -0.444 e. The first-order valence-electron chi connectivity index (χ1n) is 9.18. The van der Waals surface area contributed by atoms with Crippen molar-refractivity contribution in [1.29, 1.82) is 0 Å². The van der Waals surface area contributed by atoms with Crippen LogP contribution in [0.4, 0.5) is 10.6 Å². The van der Waals surface area contributed by atoms with Crippen LogP contribution in [0.3, 0.4) is 0 Å². The van der Waals surface area contributed by atoms with Gasteiger partial charge >= 0.3 is 6.09 Å². The topological polar surface area (TPSA) is 70.2 Å². The molecule has 0 saturated carbocycles. The molecule has 2 aromatic rings. The van der Waals surface area contributed by atoms with E-state index in [1.165, 1.54) is 5.56 Å². The number of amides is 1. The van der Waals surface area contributed by atoms with Gasteiger partial charge in [0.1, 0.15) is 5.60 Å². The van der Waals surface area contributed by atoms with Gasteiger partial charge in [-0.3, -0.25) is 5.10 Å². The lowest BCUT2D eigenvalue weighted by atomic mass is 9.89. The van der Waals surface area contributed by atoms with Crippen LogP contribution in [0.1, 0.15) is 45.1 Å². The number of nitrogens with zero attached hydrogens (tertiary/aromatic N) is 2. The molecule has 3 rings (SSSR count). The van der Waals surface area contributed by atoms with Crippen LogP contribution in [0.25, 0.3) is 10.9 Å². The van der Waals surface area contributed by atoms with Crippen LogP contribution < -0.4 is 5.32 Å². The Morgan fingerprint density at radius 3 is 2.81 bits per heavy atom. The van der Waals surface area contributed by atoms with Crippen LogP contribution >= 0.6 is 0 Å². The van der Waals surface area contributed by atoms with E-state index in [9.17, 15) is 4.79 Å². The molecule has 0 radical (unpaired) electrons. The van der Waals surface area contributed by atoms with Crippen molar-refractivity contribution in [2.75, 3.05) is 25.0 Å². The van der Waals surface area contributed by atoms with Gasteiger partial charge in [0.15, 0.2) is 5.82 Å². The molecule has 1 fully saturated rings. The van der Waals surface area contributed by atoms with E-state index in [0.29, 0.717) is 12.5 Å². The summed E-state index contributed by atoms with van der Waals surface area (Å²) in [6.45, 7) is 11.6. The highest BCUT2D eigenvalue weighted by Gasteiger charge is 2.27. The molecular formula is C20H28N4O2. The minimum atomic E-state index is -0.447. The van der Waals surface area contributed by atoms with E-state index < -0.39 is 5.60 Å². The van der Waals surface area contributed by atoms with Gasteiger partial charge in [-0.15, -0.1) is 6.58 Å². The third-order valence-electron chi connectivity index (χ3n) is 4.62. The molecule has 6 heteroatoms. The van der Waals surface area contributed by atoms with Gasteiger partial charge in [-0.25, -0.2) is 4.79 Å². The second-order valence-corrected chi connectivity index (χ2v) is 7.79. The van der Waals surface area contributed by atoms with Gasteiger partial charge in [0.2, 0.25) is 0 Å². The maximum Gasteiger partial charge on any atom is 0.410 e. The number of rotatable bonds is 4. The number of hydrogen-bond donors (Lipinski definition) is 2. The average molecular weight is 356 g/mol. The summed E-state index contributed by atoms with van der Waals surface area (Å²) in [4.78, 5) is 14.0. The number of fused-ring (bicyclic) bond motifs is 1. The van der Waals surface area contributed by atoms with Gasteiger partial charge in [-0.2, -0.15) is 5.10 Å². The lowest BCUT2D eigenvalue weighted by Gasteiger charge is -2.33. The zero-order valence-corrected chi connectivity index (χ0v) is 15.8. The fraction of sp³-hybridized carbons (Fsp3) is 0.500. The molecular weight excluding hydrogens is 328 g/mol. The molecule has 0 atom stereocenters. The van der Waals surface area contributed by atoms with Crippen molar-refractivity contribution in [2.45, 2.75) is 45.1 Å². The second kappa shape index (κ2) is 7.40. The molecule has 1 aliphatic rings. The van der Waals surface area contributed by atoms with E-state index in [2.05, 4.69) is 40.3 Å². The number of likely N-dealkylation sites (tertiary alicyclic amines) is 1. The number of ether oxygens (including phenoxy) is 1. The smallest absolute Gasteiger partial charge is 0.410 e. The quantitative estimate of drug-likeness (QED) is 0.803. The zero-order valence-electron chi connectivity index (χ0n) is 15.8. The monoisotopic (exact) mass is 356 g/mol. The molecule has 26 heavy (non-hydrogen) atoms. The van der Waals surface area contributed by atoms with E-state index in [1.807, 2.05) is 31.7 Å². The Morgan fingerprint density at radius 1 is 1.42 bits per heavy atom. The van der Waals surface area contributed by atoms with Crippen LogP contribution in [0.5, 0.6) is 0 Å². The van der Waals surface area contributed by atoms with Crippen LogP contribution in [0, 0.1) is 0 Å². The van der Waals surface area contributed by atoms with E-state index in [-0.39, 0.29) is 6.09 Å². The third-order valence-corrected chi connectivity index (χ3v) is 4.62. The summed E-state index contributed by atoms with van der Waals surface area (Å²) in [5.74, 6) is 1.30. The summed E-state index contributed by atoms with van der Waals surface area (Å²) in [6, 6.07) is 6.46. The summed E-state index contributed by atoms with van der Waals surface area (Å²) in [5, 5.41) is 11.8. The summed E-state index contributed by atoms with van der Waals surface area (Å²) >= 11 is 0. The Hall–Kier alpha value is -2.50. The first kappa shape index (κ1) is 18.3. The zero-order chi connectivity index (χ0) is 18.7. The Kier molecular flexibility index (Phi) is 5.20. The van der Waals surface area contributed by atoms with Crippen molar-refractivity contribution in [1.82, 2.24) is 15.1 Å². The van der Waals surface area contributed by atoms with Gasteiger partial charge in [-0.1, -0.05) is 12.1 Å². The number of nitrogens with one attached hydrogen (secondary N) is 2. The number of anilines is 1. The number of H-pyrrole nitrogens is 1. The number of aromatic amines is 1. The van der Waals surface area contributed by atoms with E-state index in [4.69, 9.17) is 4.74 Å². The largest absolute Gasteiger partial charge is 0.444 e. The molecule has 0 bridgehead atoms. The number of hydrogen-bond acceptors (Lipinski definition) is 4. The minimum absolute atomic E-state index is 0.210. The number of carbonyl (C=O) groups is 1. The van der Waals surface area contributed by atoms with Crippen molar-refractivity contribution in [3.8, 4) is 0 Å². The molecule has 2 N–H and O–H groups in total. The summed E-state index contributed by atoms with van der Waals surface area (Å²) in [6.07, 6.45) is 3.49. The van der Waals surface area contributed by atoms with Crippen molar-refractivity contribution in [2.24, 2.45) is 0 Å². The first-order valence-corrected chi connectivity index (χ1v) is 9.18. The van der Waals surface area contributed by atoms with Gasteiger partial charge in [0, 0.05) is 25.0 Å². The second-order valence-electron chi connectivity index (χ2n) is 7.79. The third kappa shape index (κ3) is 4.18. The van der Waals surface area contributed by atoms with E-state index in [0.717, 1.165) is 42.7 Å². The Labute approximate surface area is 154 Å². The van der Waals surface area contributed by atoms with Crippen LogP contribution in [-0.2, 0) is 4.74 Å². The maximum absolute atomic E-state index is 12.2. The standard InChI is InChI=1S/C20H28N4O2/c1-5-10-21-18-16-7-6-15(13-17(16)22-23-18)14-8-11-24(12-9-14)19(25)26-20(2,3)4/h5-7,13-14H,1,8-12H2,2-4H3,(H2,21,22,23). The lowest BCUT2D eigenvalue weighted by molar-refractivity contribution is 0.0205. The molecule has 0 aliphatic carbocycles. The van der Waals surface area contributed by atoms with Gasteiger partial charge < -0.3 is 15.0 Å². The fourth-order valence-corrected chi connectivity index (χ4v) is 3.32. The van der Waals surface area contributed by atoms with E-state index in [1.54, 1.807) is 0 Å². The van der Waals surface area contributed by atoms with Gasteiger partial charge in [0.25, 0.3) is 0 Å². The van der Waals surface area contributed by atoms with Gasteiger partial charge in [0.05, 0.1) is 5.52 Å². The maximum atomic E-state index is 12.2. The predicted octanol–water partition coefficient (Wildman–Crippen LogP) is 4.28. The van der Waals surface area contributed by atoms with Crippen LogP contribution in [0.2, 0.25) is 0 Å². The molecule has 6 nitrogen and oxygen atoms in total. The number of piperidine rings is 1.